The van der Waals surface area contributed by atoms with E-state index in [2.05, 4.69) is 36.6 Å². The number of anilines is 1. The van der Waals surface area contributed by atoms with Crippen molar-refractivity contribution in [2.75, 3.05) is 10.5 Å². The second kappa shape index (κ2) is 4.63. The molecule has 3 nitrogen and oxygen atoms in total. The Kier molecular flexibility index (Phi) is 3.97. The third-order valence-corrected chi connectivity index (χ3v) is 4.02. The summed E-state index contributed by atoms with van der Waals surface area (Å²) in [5.41, 5.74) is 0.551. The van der Waals surface area contributed by atoms with Gasteiger partial charge in [-0.25, -0.2) is 8.42 Å². The van der Waals surface area contributed by atoms with Crippen LogP contribution in [-0.4, -0.2) is 14.2 Å². The predicted molar refractivity (Wildman–Crippen MR) is 64.9 cm³/mol. The lowest BCUT2D eigenvalue weighted by atomic mass is 10.3. The van der Waals surface area contributed by atoms with E-state index < -0.39 is 10.0 Å². The Bertz CT molecular complexity index is 431. The van der Waals surface area contributed by atoms with Gasteiger partial charge in [-0.3, -0.25) is 4.72 Å². The monoisotopic (exact) mass is 341 g/mol. The SMILES string of the molecule is CCS(=O)(=O)Nc1ccc(Br)cc1Br. The first-order chi connectivity index (χ1) is 6.44. The Balaban J connectivity index is 2.99. The second-order valence-corrected chi connectivity index (χ2v) is 6.41. The van der Waals surface area contributed by atoms with Crippen LogP contribution in [0, 0.1) is 0 Å². The minimum atomic E-state index is -3.20. The van der Waals surface area contributed by atoms with Crippen molar-refractivity contribution in [1.82, 2.24) is 0 Å². The Morgan fingerprint density at radius 2 is 2.00 bits per heavy atom. The molecule has 0 radical (unpaired) electrons. The summed E-state index contributed by atoms with van der Waals surface area (Å²) in [6.07, 6.45) is 0. The third-order valence-electron chi connectivity index (χ3n) is 1.58. The molecule has 0 spiro atoms. The van der Waals surface area contributed by atoms with Crippen molar-refractivity contribution in [2.45, 2.75) is 6.92 Å². The minimum Gasteiger partial charge on any atom is -0.282 e. The first-order valence-corrected chi connectivity index (χ1v) is 7.14. The van der Waals surface area contributed by atoms with Gasteiger partial charge in [0.05, 0.1) is 11.4 Å². The summed E-state index contributed by atoms with van der Waals surface area (Å²) < 4.78 is 26.6. The van der Waals surface area contributed by atoms with Crippen molar-refractivity contribution >= 4 is 47.6 Å². The molecule has 0 saturated heterocycles. The third kappa shape index (κ3) is 3.25. The van der Waals surface area contributed by atoms with Crippen molar-refractivity contribution in [3.63, 3.8) is 0 Å². The first-order valence-electron chi connectivity index (χ1n) is 3.90. The molecule has 0 bridgehead atoms. The molecule has 6 heteroatoms. The van der Waals surface area contributed by atoms with Gasteiger partial charge in [0, 0.05) is 8.95 Å². The summed E-state index contributed by atoms with van der Waals surface area (Å²) in [7, 11) is -3.20. The van der Waals surface area contributed by atoms with Crippen LogP contribution in [0.1, 0.15) is 6.92 Å². The smallest absolute Gasteiger partial charge is 0.232 e. The second-order valence-electron chi connectivity index (χ2n) is 2.63. The molecule has 14 heavy (non-hydrogen) atoms. The van der Waals surface area contributed by atoms with Crippen LogP contribution in [0.15, 0.2) is 27.1 Å². The molecule has 0 amide bonds. The normalized spacial score (nSPS) is 11.4. The van der Waals surface area contributed by atoms with E-state index in [1.54, 1.807) is 25.1 Å². The summed E-state index contributed by atoms with van der Waals surface area (Å²) in [6.45, 7) is 1.59. The highest BCUT2D eigenvalue weighted by atomic mass is 79.9. The molecule has 0 aromatic heterocycles. The lowest BCUT2D eigenvalue weighted by Gasteiger charge is -2.07. The number of halogens is 2. The van der Waals surface area contributed by atoms with Crippen LogP contribution in [0.5, 0.6) is 0 Å². The Morgan fingerprint density at radius 3 is 2.50 bits per heavy atom. The molecule has 1 N–H and O–H groups in total. The zero-order chi connectivity index (χ0) is 10.8. The van der Waals surface area contributed by atoms with E-state index in [1.807, 2.05) is 0 Å². The van der Waals surface area contributed by atoms with Gasteiger partial charge in [-0.05, 0) is 41.1 Å². The van der Waals surface area contributed by atoms with Crippen LogP contribution in [0.2, 0.25) is 0 Å². The average Bonchev–Trinajstić information content (AvgIpc) is 2.10. The standard InChI is InChI=1S/C8H9Br2NO2S/c1-2-14(12,13)11-8-4-3-6(9)5-7(8)10/h3-5,11H,2H2,1H3. The zero-order valence-corrected chi connectivity index (χ0v) is 11.4. The maximum atomic E-state index is 11.3. The summed E-state index contributed by atoms with van der Waals surface area (Å²) in [4.78, 5) is 0. The van der Waals surface area contributed by atoms with Gasteiger partial charge in [0.1, 0.15) is 0 Å². The molecule has 0 aliphatic heterocycles. The van der Waals surface area contributed by atoms with Gasteiger partial charge in [-0.2, -0.15) is 0 Å². The van der Waals surface area contributed by atoms with Crippen molar-refractivity contribution in [2.24, 2.45) is 0 Å². The molecule has 0 aliphatic rings. The van der Waals surface area contributed by atoms with Crippen LogP contribution in [0.4, 0.5) is 5.69 Å². The lowest BCUT2D eigenvalue weighted by Crippen LogP contribution is -2.14. The molecule has 0 saturated carbocycles. The van der Waals surface area contributed by atoms with Crippen molar-refractivity contribution < 1.29 is 8.42 Å². The largest absolute Gasteiger partial charge is 0.282 e. The maximum absolute atomic E-state index is 11.3. The van der Waals surface area contributed by atoms with E-state index in [4.69, 9.17) is 0 Å². The average molecular weight is 343 g/mol. The Morgan fingerprint density at radius 1 is 1.36 bits per heavy atom. The van der Waals surface area contributed by atoms with Gasteiger partial charge in [-0.1, -0.05) is 15.9 Å². The summed E-state index contributed by atoms with van der Waals surface area (Å²) >= 11 is 6.56. The fourth-order valence-electron chi connectivity index (χ4n) is 0.812. The minimum absolute atomic E-state index is 0.0650. The number of benzene rings is 1. The molecule has 0 heterocycles. The quantitative estimate of drug-likeness (QED) is 0.917. The number of rotatable bonds is 3. The van der Waals surface area contributed by atoms with E-state index in [9.17, 15) is 8.42 Å². The molecule has 0 unspecified atom stereocenters. The van der Waals surface area contributed by atoms with Crippen LogP contribution < -0.4 is 4.72 Å². The topological polar surface area (TPSA) is 46.2 Å². The molecule has 0 fully saturated rings. The molecule has 1 aromatic carbocycles. The van der Waals surface area contributed by atoms with Crippen LogP contribution in [0.25, 0.3) is 0 Å². The highest BCUT2D eigenvalue weighted by Gasteiger charge is 2.09. The van der Waals surface area contributed by atoms with Crippen molar-refractivity contribution in [1.29, 1.82) is 0 Å². The van der Waals surface area contributed by atoms with Crippen molar-refractivity contribution in [3.8, 4) is 0 Å². The molecule has 0 atom stereocenters. The molecule has 78 valence electrons. The summed E-state index contributed by atoms with van der Waals surface area (Å²) in [6, 6.07) is 5.26. The van der Waals surface area contributed by atoms with Crippen LogP contribution in [-0.2, 0) is 10.0 Å². The van der Waals surface area contributed by atoms with Gasteiger partial charge in [0.25, 0.3) is 0 Å². The van der Waals surface area contributed by atoms with Gasteiger partial charge in [0.15, 0.2) is 0 Å². The van der Waals surface area contributed by atoms with E-state index in [0.29, 0.717) is 10.2 Å². The summed E-state index contributed by atoms with van der Waals surface area (Å²) in [5.74, 6) is 0.0650. The van der Waals surface area contributed by atoms with Crippen LogP contribution in [0.3, 0.4) is 0 Å². The number of hydrogen-bond donors (Lipinski definition) is 1. The van der Waals surface area contributed by atoms with Gasteiger partial charge in [0.2, 0.25) is 10.0 Å². The van der Waals surface area contributed by atoms with E-state index in [0.717, 1.165) is 4.47 Å². The van der Waals surface area contributed by atoms with Gasteiger partial charge >= 0.3 is 0 Å². The number of hydrogen-bond acceptors (Lipinski definition) is 2. The van der Waals surface area contributed by atoms with Gasteiger partial charge < -0.3 is 0 Å². The molecule has 1 aromatic rings. The predicted octanol–water partition coefficient (Wildman–Crippen LogP) is 2.97. The van der Waals surface area contributed by atoms with Crippen LogP contribution >= 0.6 is 31.9 Å². The fraction of sp³-hybridized carbons (Fsp3) is 0.250. The first kappa shape index (κ1) is 12.0. The highest BCUT2D eigenvalue weighted by molar-refractivity contribution is 9.11. The molecular formula is C8H9Br2NO2S. The van der Waals surface area contributed by atoms with Gasteiger partial charge in [-0.15, -0.1) is 0 Å². The maximum Gasteiger partial charge on any atom is 0.232 e. The fourth-order valence-corrected chi connectivity index (χ4v) is 2.75. The van der Waals surface area contributed by atoms with E-state index >= 15 is 0 Å². The molecule has 0 aliphatic carbocycles. The number of sulfonamides is 1. The Hall–Kier alpha value is -0.0700. The van der Waals surface area contributed by atoms with E-state index in [-0.39, 0.29) is 5.75 Å². The Labute approximate surface area is 100 Å². The number of nitrogens with one attached hydrogen (secondary N) is 1. The highest BCUT2D eigenvalue weighted by Crippen LogP contribution is 2.26. The summed E-state index contributed by atoms with van der Waals surface area (Å²) in [5, 5.41) is 0. The molecular weight excluding hydrogens is 334 g/mol. The zero-order valence-electron chi connectivity index (χ0n) is 7.42. The lowest BCUT2D eigenvalue weighted by molar-refractivity contribution is 0.602. The van der Waals surface area contributed by atoms with Crippen molar-refractivity contribution in [3.05, 3.63) is 27.1 Å². The molecule has 1 rings (SSSR count). The van der Waals surface area contributed by atoms with E-state index in [1.165, 1.54) is 0 Å².